The number of nitrogens with two attached hydrogens (primary N) is 1. The van der Waals surface area contributed by atoms with Crippen molar-refractivity contribution in [2.24, 2.45) is 0 Å². The molecule has 0 aliphatic rings. The van der Waals surface area contributed by atoms with Gasteiger partial charge in [0, 0.05) is 19.2 Å². The molecule has 0 unspecified atom stereocenters. The Bertz CT molecular complexity index is 553. The lowest BCUT2D eigenvalue weighted by Gasteiger charge is -2.19. The molecule has 18 heavy (non-hydrogen) atoms. The second-order valence-corrected chi connectivity index (χ2v) is 4.11. The Morgan fingerprint density at radius 3 is 2.56 bits per heavy atom. The van der Waals surface area contributed by atoms with Crippen molar-refractivity contribution in [1.29, 1.82) is 0 Å². The fourth-order valence-corrected chi connectivity index (χ4v) is 1.78. The van der Waals surface area contributed by atoms with Crippen LogP contribution in [0.2, 0.25) is 0 Å². The molecule has 0 spiro atoms. The summed E-state index contributed by atoms with van der Waals surface area (Å²) in [6, 6.07) is 8.08. The van der Waals surface area contributed by atoms with Crippen molar-refractivity contribution in [2.45, 2.75) is 20.3 Å². The van der Waals surface area contributed by atoms with Gasteiger partial charge < -0.3 is 10.6 Å². The zero-order valence-electron chi connectivity index (χ0n) is 10.9. The Balaban J connectivity index is 2.43. The minimum Gasteiger partial charge on any atom is -0.368 e. The Labute approximate surface area is 107 Å². The zero-order valence-corrected chi connectivity index (χ0v) is 10.9. The molecule has 2 aromatic rings. The molecular formula is C13H17N5. The lowest BCUT2D eigenvalue weighted by Crippen LogP contribution is -2.17. The molecule has 0 atom stereocenters. The molecule has 94 valence electrons. The van der Waals surface area contributed by atoms with E-state index in [0.717, 1.165) is 17.7 Å². The molecule has 0 saturated carbocycles. The fourth-order valence-electron chi connectivity index (χ4n) is 1.78. The van der Waals surface area contributed by atoms with Crippen LogP contribution in [-0.4, -0.2) is 22.0 Å². The second-order valence-electron chi connectivity index (χ2n) is 4.11. The Hall–Kier alpha value is -2.17. The van der Waals surface area contributed by atoms with E-state index in [1.807, 2.05) is 37.1 Å². The molecule has 0 bridgehead atoms. The quantitative estimate of drug-likeness (QED) is 0.894. The normalized spacial score (nSPS) is 10.4. The second kappa shape index (κ2) is 5.00. The Kier molecular flexibility index (Phi) is 3.41. The van der Waals surface area contributed by atoms with Gasteiger partial charge in [0.1, 0.15) is 5.82 Å². The molecular weight excluding hydrogens is 226 g/mol. The van der Waals surface area contributed by atoms with Crippen molar-refractivity contribution < 1.29 is 0 Å². The number of nitrogen functional groups attached to an aromatic ring is 1. The molecule has 0 fully saturated rings. The number of para-hydroxylation sites is 1. The van der Waals surface area contributed by atoms with E-state index in [2.05, 4.69) is 27.9 Å². The van der Waals surface area contributed by atoms with E-state index >= 15 is 0 Å². The lowest BCUT2D eigenvalue weighted by molar-refractivity contribution is 0.888. The third-order valence-corrected chi connectivity index (χ3v) is 2.78. The van der Waals surface area contributed by atoms with E-state index in [0.29, 0.717) is 11.8 Å². The van der Waals surface area contributed by atoms with Crippen LogP contribution in [-0.2, 0) is 6.42 Å². The van der Waals surface area contributed by atoms with Crippen LogP contribution in [0.3, 0.4) is 0 Å². The molecule has 0 aliphatic carbocycles. The van der Waals surface area contributed by atoms with E-state index in [1.165, 1.54) is 0 Å². The fraction of sp³-hybridized carbons (Fsp3) is 0.308. The van der Waals surface area contributed by atoms with Crippen molar-refractivity contribution in [1.82, 2.24) is 15.0 Å². The van der Waals surface area contributed by atoms with Crippen LogP contribution in [0.25, 0.3) is 0 Å². The number of nitrogens with zero attached hydrogens (tertiary/aromatic N) is 4. The molecule has 0 radical (unpaired) electrons. The predicted octanol–water partition coefficient (Wildman–Crippen LogP) is 2.09. The number of benzene rings is 1. The minimum atomic E-state index is 0.261. The summed E-state index contributed by atoms with van der Waals surface area (Å²) in [7, 11) is 1.93. The summed E-state index contributed by atoms with van der Waals surface area (Å²) >= 11 is 0. The highest BCUT2D eigenvalue weighted by Gasteiger charge is 2.11. The molecule has 1 heterocycles. The standard InChI is InChI=1S/C13H17N5/c1-4-11-15-12(14)17-13(16-11)18(3)10-8-6-5-7-9(10)2/h5-8H,4H2,1-3H3,(H2,14,15,16,17). The highest BCUT2D eigenvalue weighted by molar-refractivity contribution is 5.60. The maximum Gasteiger partial charge on any atom is 0.234 e. The van der Waals surface area contributed by atoms with Gasteiger partial charge in [-0.1, -0.05) is 25.1 Å². The van der Waals surface area contributed by atoms with Gasteiger partial charge in [-0.15, -0.1) is 0 Å². The molecule has 5 nitrogen and oxygen atoms in total. The summed E-state index contributed by atoms with van der Waals surface area (Å²) < 4.78 is 0. The first-order valence-corrected chi connectivity index (χ1v) is 5.91. The van der Waals surface area contributed by atoms with Gasteiger partial charge in [0.15, 0.2) is 0 Å². The molecule has 0 aliphatic heterocycles. The molecule has 0 saturated heterocycles. The van der Waals surface area contributed by atoms with Crippen LogP contribution in [0, 0.1) is 6.92 Å². The van der Waals surface area contributed by atoms with Gasteiger partial charge in [-0.25, -0.2) is 0 Å². The average molecular weight is 243 g/mol. The minimum absolute atomic E-state index is 0.261. The molecule has 1 aromatic carbocycles. The summed E-state index contributed by atoms with van der Waals surface area (Å²) in [5.74, 6) is 1.55. The van der Waals surface area contributed by atoms with E-state index < -0.39 is 0 Å². The molecule has 1 aromatic heterocycles. The van der Waals surface area contributed by atoms with Gasteiger partial charge in [0.2, 0.25) is 11.9 Å². The van der Waals surface area contributed by atoms with Crippen molar-refractivity contribution >= 4 is 17.6 Å². The largest absolute Gasteiger partial charge is 0.368 e. The van der Waals surface area contributed by atoms with E-state index in [-0.39, 0.29) is 5.95 Å². The topological polar surface area (TPSA) is 67.9 Å². The SMILES string of the molecule is CCc1nc(N)nc(N(C)c2ccccc2C)n1. The van der Waals surface area contributed by atoms with Crippen LogP contribution in [0.15, 0.2) is 24.3 Å². The molecule has 2 N–H and O–H groups in total. The first-order chi connectivity index (χ1) is 8.61. The van der Waals surface area contributed by atoms with Gasteiger partial charge in [-0.3, -0.25) is 0 Å². The monoisotopic (exact) mass is 243 g/mol. The third kappa shape index (κ3) is 2.40. The van der Waals surface area contributed by atoms with Crippen LogP contribution < -0.4 is 10.6 Å². The first kappa shape index (κ1) is 12.3. The maximum atomic E-state index is 5.70. The zero-order chi connectivity index (χ0) is 13.1. The Morgan fingerprint density at radius 1 is 1.17 bits per heavy atom. The Morgan fingerprint density at radius 2 is 1.89 bits per heavy atom. The third-order valence-electron chi connectivity index (χ3n) is 2.78. The number of rotatable bonds is 3. The number of aromatic nitrogens is 3. The van der Waals surface area contributed by atoms with Crippen LogP contribution in [0.4, 0.5) is 17.6 Å². The maximum absolute atomic E-state index is 5.70. The van der Waals surface area contributed by atoms with Gasteiger partial charge in [-0.2, -0.15) is 15.0 Å². The van der Waals surface area contributed by atoms with Crippen molar-refractivity contribution in [3.8, 4) is 0 Å². The van der Waals surface area contributed by atoms with Gasteiger partial charge in [-0.05, 0) is 18.6 Å². The summed E-state index contributed by atoms with van der Waals surface area (Å²) in [6.07, 6.45) is 0.737. The number of hydrogen-bond acceptors (Lipinski definition) is 5. The van der Waals surface area contributed by atoms with Gasteiger partial charge in [0.25, 0.3) is 0 Å². The summed E-state index contributed by atoms with van der Waals surface area (Å²) in [6.45, 7) is 4.05. The van der Waals surface area contributed by atoms with Crippen molar-refractivity contribution in [2.75, 3.05) is 17.7 Å². The molecule has 0 amide bonds. The highest BCUT2D eigenvalue weighted by atomic mass is 15.3. The van der Waals surface area contributed by atoms with Gasteiger partial charge in [0.05, 0.1) is 0 Å². The summed E-state index contributed by atoms with van der Waals surface area (Å²) in [5, 5.41) is 0. The van der Waals surface area contributed by atoms with Crippen LogP contribution in [0.1, 0.15) is 18.3 Å². The van der Waals surface area contributed by atoms with E-state index in [4.69, 9.17) is 5.73 Å². The van der Waals surface area contributed by atoms with Crippen LogP contribution >= 0.6 is 0 Å². The van der Waals surface area contributed by atoms with Crippen LogP contribution in [0.5, 0.6) is 0 Å². The summed E-state index contributed by atoms with van der Waals surface area (Å²) in [5.41, 5.74) is 7.92. The molecule has 5 heteroatoms. The predicted molar refractivity (Wildman–Crippen MR) is 72.9 cm³/mol. The van der Waals surface area contributed by atoms with Gasteiger partial charge >= 0.3 is 0 Å². The first-order valence-electron chi connectivity index (χ1n) is 5.91. The molecule has 2 rings (SSSR count). The smallest absolute Gasteiger partial charge is 0.234 e. The van der Waals surface area contributed by atoms with E-state index in [1.54, 1.807) is 0 Å². The number of hydrogen-bond donors (Lipinski definition) is 1. The average Bonchev–Trinajstić information content (AvgIpc) is 2.37. The summed E-state index contributed by atoms with van der Waals surface area (Å²) in [4.78, 5) is 14.6. The van der Waals surface area contributed by atoms with E-state index in [9.17, 15) is 0 Å². The number of anilines is 3. The number of aryl methyl sites for hydroxylation is 2. The lowest BCUT2D eigenvalue weighted by atomic mass is 10.2. The highest BCUT2D eigenvalue weighted by Crippen LogP contribution is 2.23. The van der Waals surface area contributed by atoms with Crippen molar-refractivity contribution in [3.63, 3.8) is 0 Å². The van der Waals surface area contributed by atoms with Crippen molar-refractivity contribution in [3.05, 3.63) is 35.7 Å².